The van der Waals surface area contributed by atoms with Gasteiger partial charge in [0.05, 0.1) is 17.3 Å². The summed E-state index contributed by atoms with van der Waals surface area (Å²) in [5.41, 5.74) is 1.22. The second-order valence-electron chi connectivity index (χ2n) is 5.38. The quantitative estimate of drug-likeness (QED) is 0.564. The maximum absolute atomic E-state index is 11.9. The number of hydrogen-bond donors (Lipinski definition) is 3. The van der Waals surface area contributed by atoms with Gasteiger partial charge >= 0.3 is 11.8 Å². The number of aliphatic hydroxyl groups excluding tert-OH is 1. The number of anilines is 1. The summed E-state index contributed by atoms with van der Waals surface area (Å²) in [5, 5.41) is 19.5. The zero-order chi connectivity index (χ0) is 18.5. The highest BCUT2D eigenvalue weighted by molar-refractivity contribution is 7.12. The molecule has 2 heterocycles. The second-order valence-corrected chi connectivity index (χ2v) is 7.77. The maximum Gasteiger partial charge on any atom is 0.313 e. The van der Waals surface area contributed by atoms with Crippen molar-refractivity contribution in [3.63, 3.8) is 0 Å². The van der Waals surface area contributed by atoms with E-state index in [2.05, 4.69) is 10.6 Å². The van der Waals surface area contributed by atoms with Crippen molar-refractivity contribution in [2.75, 3.05) is 5.32 Å². The highest BCUT2D eigenvalue weighted by Crippen LogP contribution is 2.29. The number of rotatable bonds is 5. The summed E-state index contributed by atoms with van der Waals surface area (Å²) in [4.78, 5) is 25.5. The minimum Gasteiger partial charge on any atom is -0.383 e. The van der Waals surface area contributed by atoms with Crippen LogP contribution in [0.25, 0.3) is 0 Å². The van der Waals surface area contributed by atoms with E-state index in [-0.39, 0.29) is 6.54 Å². The van der Waals surface area contributed by atoms with Crippen LogP contribution in [0.5, 0.6) is 0 Å². The molecule has 2 amide bonds. The van der Waals surface area contributed by atoms with Crippen molar-refractivity contribution in [3.8, 4) is 0 Å². The average Bonchev–Trinajstić information content (AvgIpc) is 3.33. The molecule has 0 aliphatic carbocycles. The van der Waals surface area contributed by atoms with Crippen molar-refractivity contribution in [2.24, 2.45) is 0 Å². The third-order valence-electron chi connectivity index (χ3n) is 3.56. The molecule has 26 heavy (non-hydrogen) atoms. The van der Waals surface area contributed by atoms with Gasteiger partial charge in [0, 0.05) is 9.75 Å². The van der Waals surface area contributed by atoms with E-state index in [1.807, 2.05) is 29.0 Å². The van der Waals surface area contributed by atoms with Crippen LogP contribution in [0.4, 0.5) is 5.69 Å². The highest BCUT2D eigenvalue weighted by atomic mass is 35.5. The Morgan fingerprint density at radius 2 is 1.92 bits per heavy atom. The second kappa shape index (κ2) is 8.46. The summed E-state index contributed by atoms with van der Waals surface area (Å²) in [7, 11) is 0. The predicted molar refractivity (Wildman–Crippen MR) is 105 cm³/mol. The summed E-state index contributed by atoms with van der Waals surface area (Å²) < 4.78 is 0. The number of aliphatic hydroxyl groups is 1. The smallest absolute Gasteiger partial charge is 0.313 e. The number of amides is 2. The van der Waals surface area contributed by atoms with E-state index >= 15 is 0 Å². The summed E-state index contributed by atoms with van der Waals surface area (Å²) in [6, 6.07) is 12.2. The molecular formula is C18H15ClN2O3S2. The van der Waals surface area contributed by atoms with Gasteiger partial charge in [-0.25, -0.2) is 0 Å². The minimum absolute atomic E-state index is 0.204. The van der Waals surface area contributed by atoms with Crippen LogP contribution >= 0.6 is 34.3 Å². The van der Waals surface area contributed by atoms with Gasteiger partial charge < -0.3 is 15.7 Å². The van der Waals surface area contributed by atoms with Gasteiger partial charge in [-0.05, 0) is 46.7 Å². The first kappa shape index (κ1) is 18.6. The van der Waals surface area contributed by atoms with E-state index in [1.54, 1.807) is 24.3 Å². The highest BCUT2D eigenvalue weighted by Gasteiger charge is 2.16. The lowest BCUT2D eigenvalue weighted by atomic mass is 10.2. The van der Waals surface area contributed by atoms with E-state index in [0.29, 0.717) is 10.7 Å². The third-order valence-corrected chi connectivity index (χ3v) is 5.73. The molecule has 0 radical (unpaired) electrons. The third kappa shape index (κ3) is 4.50. The number of benzene rings is 1. The van der Waals surface area contributed by atoms with Crippen LogP contribution in [0.3, 0.4) is 0 Å². The van der Waals surface area contributed by atoms with Crippen molar-refractivity contribution in [1.29, 1.82) is 0 Å². The maximum atomic E-state index is 11.9. The molecule has 0 spiro atoms. The Kier molecular flexibility index (Phi) is 6.05. The molecule has 0 aliphatic rings. The monoisotopic (exact) mass is 406 g/mol. The summed E-state index contributed by atoms with van der Waals surface area (Å²) in [6.07, 6.45) is -0.681. The molecule has 1 aromatic carbocycles. The van der Waals surface area contributed by atoms with E-state index in [9.17, 15) is 14.7 Å². The van der Waals surface area contributed by atoms with Gasteiger partial charge in [0.2, 0.25) is 0 Å². The van der Waals surface area contributed by atoms with Gasteiger partial charge in [-0.1, -0.05) is 23.7 Å². The Labute approximate surface area is 163 Å². The van der Waals surface area contributed by atoms with E-state index in [4.69, 9.17) is 11.6 Å². The molecule has 0 aliphatic heterocycles. The number of hydrogen-bond acceptors (Lipinski definition) is 5. The lowest BCUT2D eigenvalue weighted by molar-refractivity contribution is -0.136. The van der Waals surface area contributed by atoms with Crippen molar-refractivity contribution in [1.82, 2.24) is 5.32 Å². The predicted octanol–water partition coefficient (Wildman–Crippen LogP) is 3.80. The van der Waals surface area contributed by atoms with Gasteiger partial charge in [0.1, 0.15) is 6.10 Å². The van der Waals surface area contributed by atoms with Gasteiger partial charge in [-0.15, -0.1) is 11.3 Å². The molecule has 1 atom stereocenters. The fraction of sp³-hybridized carbons (Fsp3) is 0.111. The molecule has 8 heteroatoms. The Balaban J connectivity index is 1.55. The van der Waals surface area contributed by atoms with Crippen LogP contribution in [-0.4, -0.2) is 16.9 Å². The van der Waals surface area contributed by atoms with E-state index < -0.39 is 17.9 Å². The molecule has 0 saturated carbocycles. The summed E-state index contributed by atoms with van der Waals surface area (Å²) in [5.74, 6) is -1.54. The van der Waals surface area contributed by atoms with Crippen LogP contribution in [-0.2, 0) is 16.1 Å². The molecular weight excluding hydrogens is 392 g/mol. The van der Waals surface area contributed by atoms with E-state index in [1.165, 1.54) is 22.7 Å². The van der Waals surface area contributed by atoms with Gasteiger partial charge in [0.15, 0.2) is 0 Å². The molecule has 0 fully saturated rings. The Bertz CT molecular complexity index is 909. The lowest BCUT2D eigenvalue weighted by Gasteiger charge is -2.07. The normalized spacial score (nSPS) is 11.8. The number of halogens is 1. The van der Waals surface area contributed by atoms with Gasteiger partial charge in [-0.2, -0.15) is 11.3 Å². The molecule has 3 aromatic rings. The first-order valence-corrected chi connectivity index (χ1v) is 9.81. The fourth-order valence-corrected chi connectivity index (χ4v) is 4.05. The first-order chi connectivity index (χ1) is 12.5. The van der Waals surface area contributed by atoms with Gasteiger partial charge in [0.25, 0.3) is 0 Å². The molecule has 5 nitrogen and oxygen atoms in total. The molecule has 134 valence electrons. The molecule has 2 aromatic heterocycles. The number of nitrogens with one attached hydrogen (secondary N) is 2. The lowest BCUT2D eigenvalue weighted by Crippen LogP contribution is -2.34. The Morgan fingerprint density at radius 3 is 2.65 bits per heavy atom. The molecule has 3 rings (SSSR count). The summed E-state index contributed by atoms with van der Waals surface area (Å²) >= 11 is 8.86. The molecule has 0 bridgehead atoms. The van der Waals surface area contributed by atoms with Crippen LogP contribution in [0.1, 0.15) is 21.4 Å². The van der Waals surface area contributed by atoms with Crippen LogP contribution in [0.2, 0.25) is 5.02 Å². The van der Waals surface area contributed by atoms with Crippen LogP contribution in [0, 0.1) is 0 Å². The van der Waals surface area contributed by atoms with Crippen molar-refractivity contribution >= 4 is 51.8 Å². The number of thiophene rings is 2. The summed E-state index contributed by atoms with van der Waals surface area (Å²) in [6.45, 7) is 0.204. The number of carbonyl (C=O) groups is 2. The van der Waals surface area contributed by atoms with Crippen LogP contribution in [0.15, 0.2) is 53.2 Å². The average molecular weight is 407 g/mol. The number of carbonyl (C=O) groups excluding carboxylic acids is 2. The zero-order valence-electron chi connectivity index (χ0n) is 13.4. The Morgan fingerprint density at radius 1 is 1.12 bits per heavy atom. The van der Waals surface area contributed by atoms with Crippen LogP contribution < -0.4 is 10.6 Å². The van der Waals surface area contributed by atoms with Crippen molar-refractivity contribution in [2.45, 2.75) is 12.6 Å². The first-order valence-electron chi connectivity index (χ1n) is 7.67. The zero-order valence-corrected chi connectivity index (χ0v) is 15.8. The topological polar surface area (TPSA) is 78.4 Å². The standard InChI is InChI=1S/C18H15ClN2O3S2/c19-13-3-1-2-4-14(13)21-18(24)17(23)20-9-12-5-6-15(26-12)16(22)11-7-8-25-10-11/h1-8,10,16,22H,9H2,(H,20,23)(H,21,24). The van der Waals surface area contributed by atoms with Crippen molar-refractivity contribution in [3.05, 3.63) is 73.6 Å². The SMILES string of the molecule is O=C(NCc1ccc(C(O)c2ccsc2)s1)C(=O)Nc1ccccc1Cl. The van der Waals surface area contributed by atoms with Gasteiger partial charge in [-0.3, -0.25) is 9.59 Å². The fourth-order valence-electron chi connectivity index (χ4n) is 2.22. The number of para-hydroxylation sites is 1. The largest absolute Gasteiger partial charge is 0.383 e. The molecule has 0 saturated heterocycles. The van der Waals surface area contributed by atoms with Crippen molar-refractivity contribution < 1.29 is 14.7 Å². The minimum atomic E-state index is -0.784. The molecule has 1 unspecified atom stereocenters. The Hall–Kier alpha value is -2.19. The van der Waals surface area contributed by atoms with E-state index in [0.717, 1.165) is 15.3 Å². The molecule has 3 N–H and O–H groups in total.